The van der Waals surface area contributed by atoms with Crippen molar-refractivity contribution in [1.29, 1.82) is 0 Å². The molecule has 0 aromatic heterocycles. The summed E-state index contributed by atoms with van der Waals surface area (Å²) in [5, 5.41) is 8.13. The van der Waals surface area contributed by atoms with Crippen molar-refractivity contribution in [2.45, 2.75) is 17.1 Å². The van der Waals surface area contributed by atoms with Crippen molar-refractivity contribution in [3.8, 4) is 5.75 Å². The zero-order valence-electron chi connectivity index (χ0n) is 25.5. The summed E-state index contributed by atoms with van der Waals surface area (Å²) in [4.78, 5) is 41.0. The Balaban J connectivity index is 1.37. The van der Waals surface area contributed by atoms with Gasteiger partial charge in [0, 0.05) is 26.3 Å². The van der Waals surface area contributed by atoms with Crippen molar-refractivity contribution >= 4 is 62.9 Å². The van der Waals surface area contributed by atoms with Crippen LogP contribution in [0.5, 0.6) is 5.75 Å². The molecular weight excluding hydrogens is 674 g/mol. The maximum absolute atomic E-state index is 13.7. The van der Waals surface area contributed by atoms with Crippen LogP contribution in [0, 0.1) is 0 Å². The summed E-state index contributed by atoms with van der Waals surface area (Å²) in [6.45, 7) is 2.44. The first kappa shape index (κ1) is 33.2. The lowest BCUT2D eigenvalue weighted by molar-refractivity contribution is -0.116. The lowest BCUT2D eigenvalue weighted by atomic mass is 10.1. The van der Waals surface area contributed by atoms with Gasteiger partial charge in [0.15, 0.2) is 0 Å². The third-order valence-corrected chi connectivity index (χ3v) is 8.61. The molecule has 0 aliphatic heterocycles. The number of anilines is 2. The molecule has 0 spiro atoms. The highest BCUT2D eigenvalue weighted by Crippen LogP contribution is 2.37. The van der Waals surface area contributed by atoms with E-state index >= 15 is 0 Å². The summed E-state index contributed by atoms with van der Waals surface area (Å²) in [6, 6.07) is 40.1. The minimum Gasteiger partial charge on any atom is -0.494 e. The fourth-order valence-electron chi connectivity index (χ4n) is 4.56. The van der Waals surface area contributed by atoms with Gasteiger partial charge < -0.3 is 20.7 Å². The molecule has 3 amide bonds. The molecule has 1 unspecified atom stereocenters. The summed E-state index contributed by atoms with van der Waals surface area (Å²) in [5.74, 6) is -0.387. The Morgan fingerprint density at radius 1 is 0.766 bits per heavy atom. The Labute approximate surface area is 286 Å². The van der Waals surface area contributed by atoms with Gasteiger partial charge in [-0.2, -0.15) is 0 Å². The van der Waals surface area contributed by atoms with E-state index in [1.165, 1.54) is 11.8 Å². The molecule has 0 fully saturated rings. The zero-order chi connectivity index (χ0) is 33.0. The standard InChI is InChI=1S/C38H32BrN3O4S/c1-2-46-32-22-16-26(17-23-32)24-34(42-36(43)28-12-7-4-8-13-28)37(44)41-31-14-9-15-33(25-31)47-35(27-10-5-3-6-11-27)38(45)40-30-20-18-29(39)19-21-30/h3-25,35H,2H2,1H3,(H,40,45)(H,41,44)(H,42,43)/b34-24+. The number of nitrogens with one attached hydrogen (secondary N) is 3. The van der Waals surface area contributed by atoms with Gasteiger partial charge in [0.2, 0.25) is 5.91 Å². The Bertz CT molecular complexity index is 1850. The number of benzene rings is 5. The first-order valence-corrected chi connectivity index (χ1v) is 16.6. The highest BCUT2D eigenvalue weighted by Gasteiger charge is 2.23. The summed E-state index contributed by atoms with van der Waals surface area (Å²) in [6.07, 6.45) is 1.61. The van der Waals surface area contributed by atoms with E-state index in [9.17, 15) is 14.4 Å². The number of rotatable bonds is 12. The van der Waals surface area contributed by atoms with Crippen LogP contribution in [0.4, 0.5) is 11.4 Å². The topological polar surface area (TPSA) is 96.5 Å². The third-order valence-electron chi connectivity index (χ3n) is 6.83. The van der Waals surface area contributed by atoms with Crippen molar-refractivity contribution in [2.75, 3.05) is 17.2 Å². The third kappa shape index (κ3) is 9.68. The second-order valence-corrected chi connectivity index (χ2v) is 12.4. The number of halogens is 1. The smallest absolute Gasteiger partial charge is 0.272 e. The van der Waals surface area contributed by atoms with Crippen LogP contribution >= 0.6 is 27.7 Å². The number of carbonyl (C=O) groups excluding carboxylic acids is 3. The highest BCUT2D eigenvalue weighted by atomic mass is 79.9. The summed E-state index contributed by atoms with van der Waals surface area (Å²) in [7, 11) is 0. The van der Waals surface area contributed by atoms with Crippen LogP contribution in [0.3, 0.4) is 0 Å². The van der Waals surface area contributed by atoms with Crippen LogP contribution in [0.25, 0.3) is 6.08 Å². The van der Waals surface area contributed by atoms with Gasteiger partial charge in [-0.25, -0.2) is 0 Å². The largest absolute Gasteiger partial charge is 0.494 e. The van der Waals surface area contributed by atoms with Gasteiger partial charge in [0.25, 0.3) is 11.8 Å². The van der Waals surface area contributed by atoms with Crippen LogP contribution in [0.1, 0.15) is 33.7 Å². The molecular formula is C38H32BrN3O4S. The molecule has 0 saturated carbocycles. The molecule has 5 rings (SSSR count). The van der Waals surface area contributed by atoms with Gasteiger partial charge in [0.1, 0.15) is 16.7 Å². The van der Waals surface area contributed by atoms with E-state index in [4.69, 9.17) is 4.74 Å². The second kappa shape index (κ2) is 16.4. The second-order valence-electron chi connectivity index (χ2n) is 10.3. The molecule has 47 heavy (non-hydrogen) atoms. The molecule has 0 heterocycles. The number of carbonyl (C=O) groups is 3. The van der Waals surface area contributed by atoms with Gasteiger partial charge in [-0.05, 0) is 90.9 Å². The Hall–Kier alpha value is -5.12. The minimum atomic E-state index is -0.564. The van der Waals surface area contributed by atoms with Gasteiger partial charge in [-0.1, -0.05) is 82.7 Å². The highest BCUT2D eigenvalue weighted by molar-refractivity contribution is 9.10. The van der Waals surface area contributed by atoms with Crippen LogP contribution < -0.4 is 20.7 Å². The van der Waals surface area contributed by atoms with Gasteiger partial charge in [0.05, 0.1) is 6.61 Å². The van der Waals surface area contributed by atoms with Gasteiger partial charge in [-0.3, -0.25) is 14.4 Å². The lowest BCUT2D eigenvalue weighted by Gasteiger charge is -2.18. The SMILES string of the molecule is CCOc1ccc(/C=C(/NC(=O)c2ccccc2)C(=O)Nc2cccc(SC(C(=O)Nc3ccc(Br)cc3)c3ccccc3)c2)cc1. The number of ether oxygens (including phenoxy) is 1. The normalized spacial score (nSPS) is 11.7. The van der Waals surface area contributed by atoms with E-state index in [1.54, 1.807) is 54.6 Å². The molecule has 9 heteroatoms. The fourth-order valence-corrected chi connectivity index (χ4v) is 5.91. The molecule has 7 nitrogen and oxygen atoms in total. The molecule has 0 radical (unpaired) electrons. The molecule has 0 saturated heterocycles. The number of thioether (sulfide) groups is 1. The van der Waals surface area contributed by atoms with Crippen molar-refractivity contribution < 1.29 is 19.1 Å². The first-order chi connectivity index (χ1) is 22.9. The first-order valence-electron chi connectivity index (χ1n) is 14.9. The predicted molar refractivity (Wildman–Crippen MR) is 192 cm³/mol. The molecule has 236 valence electrons. The van der Waals surface area contributed by atoms with E-state index in [1.807, 2.05) is 91.9 Å². The average molecular weight is 707 g/mol. The van der Waals surface area contributed by atoms with E-state index in [2.05, 4.69) is 31.9 Å². The van der Waals surface area contributed by atoms with Crippen LogP contribution in [-0.2, 0) is 9.59 Å². The summed E-state index contributed by atoms with van der Waals surface area (Å²) in [5.41, 5.74) is 3.23. The van der Waals surface area contributed by atoms with E-state index in [0.29, 0.717) is 34.9 Å². The van der Waals surface area contributed by atoms with Crippen molar-refractivity contribution in [1.82, 2.24) is 5.32 Å². The van der Waals surface area contributed by atoms with Crippen LogP contribution in [0.15, 0.2) is 149 Å². The molecule has 0 aliphatic rings. The number of hydrogen-bond donors (Lipinski definition) is 3. The Morgan fingerprint density at radius 3 is 2.13 bits per heavy atom. The van der Waals surface area contributed by atoms with E-state index in [-0.39, 0.29) is 11.6 Å². The van der Waals surface area contributed by atoms with Gasteiger partial charge in [-0.15, -0.1) is 11.8 Å². The predicted octanol–water partition coefficient (Wildman–Crippen LogP) is 8.73. The molecule has 0 aliphatic carbocycles. The summed E-state index contributed by atoms with van der Waals surface area (Å²) < 4.78 is 6.45. The number of amides is 3. The molecule has 3 N–H and O–H groups in total. The molecule has 5 aromatic carbocycles. The molecule has 0 bridgehead atoms. The summed E-state index contributed by atoms with van der Waals surface area (Å²) >= 11 is 4.79. The van der Waals surface area contributed by atoms with Crippen molar-refractivity contribution in [3.63, 3.8) is 0 Å². The fraction of sp³-hybridized carbons (Fsp3) is 0.0789. The van der Waals surface area contributed by atoms with Crippen LogP contribution in [-0.4, -0.2) is 24.3 Å². The zero-order valence-corrected chi connectivity index (χ0v) is 27.9. The maximum Gasteiger partial charge on any atom is 0.272 e. The molecule has 5 aromatic rings. The lowest BCUT2D eigenvalue weighted by Crippen LogP contribution is -2.30. The number of hydrogen-bond acceptors (Lipinski definition) is 5. The maximum atomic E-state index is 13.7. The minimum absolute atomic E-state index is 0.0668. The average Bonchev–Trinajstić information content (AvgIpc) is 3.09. The van der Waals surface area contributed by atoms with Crippen molar-refractivity contribution in [2.24, 2.45) is 0 Å². The van der Waals surface area contributed by atoms with Crippen molar-refractivity contribution in [3.05, 3.63) is 160 Å². The Kier molecular flexibility index (Phi) is 11.6. The Morgan fingerprint density at radius 2 is 1.45 bits per heavy atom. The monoisotopic (exact) mass is 705 g/mol. The van der Waals surface area contributed by atoms with E-state index in [0.717, 1.165) is 14.9 Å². The quantitative estimate of drug-likeness (QED) is 0.0891. The van der Waals surface area contributed by atoms with E-state index < -0.39 is 17.1 Å². The van der Waals surface area contributed by atoms with Gasteiger partial charge >= 0.3 is 0 Å². The molecule has 1 atom stereocenters. The van der Waals surface area contributed by atoms with Crippen LogP contribution in [0.2, 0.25) is 0 Å².